The van der Waals surface area contributed by atoms with Gasteiger partial charge in [-0.1, -0.05) is 0 Å². The van der Waals surface area contributed by atoms with Crippen LogP contribution in [0.3, 0.4) is 0 Å². The number of carbonyl (C=O) groups is 1. The summed E-state index contributed by atoms with van der Waals surface area (Å²) >= 11 is 0. The Kier molecular flexibility index (Phi) is 7.62. The van der Waals surface area contributed by atoms with E-state index in [0.29, 0.717) is 38.2 Å². The molecule has 1 aromatic heterocycles. The molecule has 1 saturated heterocycles. The molecule has 0 bridgehead atoms. The monoisotopic (exact) mass is 443 g/mol. The van der Waals surface area contributed by atoms with Crippen molar-refractivity contribution in [3.63, 3.8) is 0 Å². The van der Waals surface area contributed by atoms with Crippen LogP contribution in [0.15, 0.2) is 24.5 Å². The lowest BCUT2D eigenvalue weighted by Crippen LogP contribution is -2.41. The predicted molar refractivity (Wildman–Crippen MR) is 117 cm³/mol. The molecule has 0 radical (unpaired) electrons. The number of halogens is 1. The Bertz CT molecular complexity index is 988. The van der Waals surface area contributed by atoms with E-state index in [4.69, 9.17) is 9.84 Å². The van der Waals surface area contributed by atoms with Crippen molar-refractivity contribution in [1.29, 1.82) is 5.26 Å². The number of benzene rings is 1. The Morgan fingerprint density at radius 3 is 2.75 bits per heavy atom. The maximum Gasteiger partial charge on any atom is 0.407 e. The Morgan fingerprint density at radius 1 is 1.38 bits per heavy atom. The second-order valence-corrected chi connectivity index (χ2v) is 7.65. The van der Waals surface area contributed by atoms with Crippen molar-refractivity contribution in [1.82, 2.24) is 19.8 Å². The number of ether oxygens (including phenoxy) is 1. The van der Waals surface area contributed by atoms with Crippen molar-refractivity contribution >= 4 is 23.3 Å². The van der Waals surface area contributed by atoms with Gasteiger partial charge in [0.2, 0.25) is 5.88 Å². The van der Waals surface area contributed by atoms with Gasteiger partial charge >= 0.3 is 6.09 Å². The van der Waals surface area contributed by atoms with Gasteiger partial charge in [0, 0.05) is 44.7 Å². The van der Waals surface area contributed by atoms with Gasteiger partial charge in [-0.2, -0.15) is 5.26 Å². The van der Waals surface area contributed by atoms with Crippen LogP contribution in [0.2, 0.25) is 0 Å². The molecule has 11 heteroatoms. The van der Waals surface area contributed by atoms with Gasteiger partial charge in [-0.15, -0.1) is 0 Å². The highest BCUT2D eigenvalue weighted by molar-refractivity contribution is 5.67. The van der Waals surface area contributed by atoms with Crippen molar-refractivity contribution in [3.05, 3.63) is 35.9 Å². The Labute approximate surface area is 185 Å². The second kappa shape index (κ2) is 10.6. The molecule has 0 spiro atoms. The summed E-state index contributed by atoms with van der Waals surface area (Å²) < 4.78 is 20.5. The van der Waals surface area contributed by atoms with E-state index in [1.54, 1.807) is 12.1 Å². The molecule has 170 valence electrons. The average Bonchev–Trinajstić information content (AvgIpc) is 2.76. The smallest absolute Gasteiger partial charge is 0.407 e. The number of nitrogens with one attached hydrogen (secondary N) is 2. The number of hydrogen-bond donors (Lipinski definition) is 3. The number of nitriles is 1. The SMILES string of the molecule is CN(C)CCNc1ccc(Nc2ncnc(OC3CCN(C(=O)O)CC3)c2C#N)c(F)c1. The molecule has 3 rings (SSSR count). The number of piperidine rings is 1. The molecule has 0 unspecified atom stereocenters. The Hall–Kier alpha value is -3.65. The minimum absolute atomic E-state index is 0.0562. The van der Waals surface area contributed by atoms with E-state index in [1.807, 2.05) is 25.1 Å². The lowest BCUT2D eigenvalue weighted by Gasteiger charge is -2.30. The lowest BCUT2D eigenvalue weighted by atomic mass is 10.1. The van der Waals surface area contributed by atoms with Gasteiger partial charge < -0.3 is 30.3 Å². The topological polar surface area (TPSA) is 127 Å². The van der Waals surface area contributed by atoms with Gasteiger partial charge in [0.15, 0.2) is 11.4 Å². The number of amides is 1. The first-order valence-corrected chi connectivity index (χ1v) is 10.2. The average molecular weight is 443 g/mol. The van der Waals surface area contributed by atoms with Crippen LogP contribution in [-0.2, 0) is 0 Å². The third kappa shape index (κ3) is 5.95. The molecule has 1 fully saturated rings. The number of rotatable bonds is 8. The fourth-order valence-corrected chi connectivity index (χ4v) is 3.25. The Morgan fingerprint density at radius 2 is 2.12 bits per heavy atom. The highest BCUT2D eigenvalue weighted by Crippen LogP contribution is 2.28. The molecule has 32 heavy (non-hydrogen) atoms. The summed E-state index contributed by atoms with van der Waals surface area (Å²) in [5, 5.41) is 24.7. The van der Waals surface area contributed by atoms with E-state index < -0.39 is 11.9 Å². The van der Waals surface area contributed by atoms with Crippen LogP contribution in [0.5, 0.6) is 5.88 Å². The van der Waals surface area contributed by atoms with Crippen LogP contribution in [0.4, 0.5) is 26.4 Å². The quantitative estimate of drug-likeness (QED) is 0.564. The van der Waals surface area contributed by atoms with Crippen LogP contribution in [0.1, 0.15) is 18.4 Å². The number of likely N-dealkylation sites (N-methyl/N-ethyl adjacent to an activating group) is 1. The summed E-state index contributed by atoms with van der Waals surface area (Å²) in [6, 6.07) is 6.69. The molecule has 3 N–H and O–H groups in total. The van der Waals surface area contributed by atoms with E-state index >= 15 is 0 Å². The zero-order chi connectivity index (χ0) is 23.1. The summed E-state index contributed by atoms with van der Waals surface area (Å²) in [6.45, 7) is 2.18. The van der Waals surface area contributed by atoms with E-state index in [9.17, 15) is 14.4 Å². The van der Waals surface area contributed by atoms with Crippen molar-refractivity contribution in [2.75, 3.05) is 50.9 Å². The van der Waals surface area contributed by atoms with Crippen LogP contribution in [-0.4, -0.2) is 77.3 Å². The normalized spacial score (nSPS) is 14.2. The van der Waals surface area contributed by atoms with Crippen molar-refractivity contribution in [2.24, 2.45) is 0 Å². The third-order valence-electron chi connectivity index (χ3n) is 5.03. The second-order valence-electron chi connectivity index (χ2n) is 7.65. The van der Waals surface area contributed by atoms with Gasteiger partial charge in [0.05, 0.1) is 5.69 Å². The predicted octanol–water partition coefficient (Wildman–Crippen LogP) is 2.73. The zero-order valence-corrected chi connectivity index (χ0v) is 18.0. The van der Waals surface area contributed by atoms with Gasteiger partial charge in [0.1, 0.15) is 24.3 Å². The highest BCUT2D eigenvalue weighted by atomic mass is 19.1. The zero-order valence-electron chi connectivity index (χ0n) is 18.0. The standard InChI is InChI=1S/C21H26FN7O3/c1-28(2)10-7-24-14-3-4-18(17(22)11-14)27-19-16(12-23)20(26-13-25-19)32-15-5-8-29(9-6-15)21(30)31/h3-4,11,13,15,24H,5-10H2,1-2H3,(H,30,31)(H,25,26,27). The summed E-state index contributed by atoms with van der Waals surface area (Å²) in [5.74, 6) is -0.278. The lowest BCUT2D eigenvalue weighted by molar-refractivity contribution is 0.0869. The summed E-state index contributed by atoms with van der Waals surface area (Å²) in [4.78, 5) is 22.5. The molecule has 10 nitrogen and oxygen atoms in total. The molecular weight excluding hydrogens is 417 g/mol. The maximum absolute atomic E-state index is 14.6. The third-order valence-corrected chi connectivity index (χ3v) is 5.03. The summed E-state index contributed by atoms with van der Waals surface area (Å²) in [7, 11) is 3.92. The number of anilines is 3. The van der Waals surface area contributed by atoms with E-state index in [1.165, 1.54) is 17.3 Å². The first kappa shape index (κ1) is 23.0. The van der Waals surface area contributed by atoms with Crippen LogP contribution >= 0.6 is 0 Å². The van der Waals surface area contributed by atoms with Gasteiger partial charge in [0.25, 0.3) is 0 Å². The number of hydrogen-bond acceptors (Lipinski definition) is 8. The molecule has 0 atom stereocenters. The number of nitrogens with zero attached hydrogens (tertiary/aromatic N) is 5. The number of carboxylic acid groups (broad SMARTS) is 1. The van der Waals surface area contributed by atoms with Crippen molar-refractivity contribution in [3.8, 4) is 11.9 Å². The molecule has 0 saturated carbocycles. The van der Waals surface area contributed by atoms with Gasteiger partial charge in [-0.05, 0) is 32.3 Å². The van der Waals surface area contributed by atoms with Crippen LogP contribution in [0.25, 0.3) is 0 Å². The fourth-order valence-electron chi connectivity index (χ4n) is 3.25. The minimum Gasteiger partial charge on any atom is -0.473 e. The number of aromatic nitrogens is 2. The maximum atomic E-state index is 14.6. The first-order chi connectivity index (χ1) is 15.4. The molecule has 1 aliphatic heterocycles. The molecule has 1 aromatic carbocycles. The van der Waals surface area contributed by atoms with Crippen molar-refractivity contribution in [2.45, 2.75) is 18.9 Å². The minimum atomic E-state index is -0.962. The summed E-state index contributed by atoms with van der Waals surface area (Å²) in [5.41, 5.74) is 0.870. The molecular formula is C21H26FN7O3. The highest BCUT2D eigenvalue weighted by Gasteiger charge is 2.25. The van der Waals surface area contributed by atoms with Gasteiger partial charge in [-0.3, -0.25) is 0 Å². The van der Waals surface area contributed by atoms with E-state index in [-0.39, 0.29) is 29.1 Å². The fraction of sp³-hybridized carbons (Fsp3) is 0.429. The van der Waals surface area contributed by atoms with Crippen LogP contribution in [0, 0.1) is 17.1 Å². The van der Waals surface area contributed by atoms with Gasteiger partial charge in [-0.25, -0.2) is 19.2 Å². The summed E-state index contributed by atoms with van der Waals surface area (Å²) in [6.07, 6.45) is 0.974. The molecule has 1 aliphatic rings. The molecule has 2 aromatic rings. The molecule has 0 aliphatic carbocycles. The first-order valence-electron chi connectivity index (χ1n) is 10.2. The molecule has 1 amide bonds. The van der Waals surface area contributed by atoms with E-state index in [2.05, 4.69) is 20.6 Å². The largest absolute Gasteiger partial charge is 0.473 e. The Balaban J connectivity index is 1.69. The van der Waals surface area contributed by atoms with E-state index in [0.717, 1.165) is 6.54 Å². The van der Waals surface area contributed by atoms with Crippen LogP contribution < -0.4 is 15.4 Å². The number of likely N-dealkylation sites (tertiary alicyclic amines) is 1. The van der Waals surface area contributed by atoms with Crippen molar-refractivity contribution < 1.29 is 19.0 Å². The molecule has 2 heterocycles.